The molecule has 3 aromatic rings. The molecule has 0 saturated carbocycles. The van der Waals surface area contributed by atoms with Crippen LogP contribution in [0.1, 0.15) is 30.6 Å². The van der Waals surface area contributed by atoms with E-state index in [1.807, 2.05) is 42.6 Å². The van der Waals surface area contributed by atoms with Gasteiger partial charge in [0, 0.05) is 18.8 Å². The molecule has 2 N–H and O–H groups in total. The maximum absolute atomic E-state index is 10.3. The first-order valence-electron chi connectivity index (χ1n) is 7.51. The van der Waals surface area contributed by atoms with Crippen molar-refractivity contribution in [1.29, 1.82) is 0 Å². The van der Waals surface area contributed by atoms with Crippen LogP contribution in [-0.2, 0) is 6.54 Å². The first kappa shape index (κ1) is 15.2. The second-order valence-corrected chi connectivity index (χ2v) is 6.54. The fourth-order valence-corrected chi connectivity index (χ4v) is 3.31. The zero-order valence-electron chi connectivity index (χ0n) is 12.6. The smallest absolute Gasteiger partial charge is 0.0809 e. The average Bonchev–Trinajstić information content (AvgIpc) is 3.01. The van der Waals surface area contributed by atoms with E-state index < -0.39 is 6.10 Å². The van der Waals surface area contributed by atoms with E-state index in [0.717, 1.165) is 17.6 Å². The Bertz CT molecular complexity index is 726. The van der Waals surface area contributed by atoms with Gasteiger partial charge in [0.05, 0.1) is 16.3 Å². The molecular weight excluding hydrogens is 292 g/mol. The van der Waals surface area contributed by atoms with Crippen LogP contribution in [0.3, 0.4) is 0 Å². The number of thiophene rings is 1. The van der Waals surface area contributed by atoms with E-state index >= 15 is 0 Å². The van der Waals surface area contributed by atoms with Gasteiger partial charge in [-0.15, -0.1) is 11.3 Å². The van der Waals surface area contributed by atoms with Crippen LogP contribution in [0, 0.1) is 0 Å². The van der Waals surface area contributed by atoms with Crippen molar-refractivity contribution >= 4 is 21.6 Å². The third kappa shape index (κ3) is 3.71. The Morgan fingerprint density at radius 1 is 1.23 bits per heavy atom. The normalized spacial score (nSPS) is 14.1. The molecule has 0 aliphatic carbocycles. The highest BCUT2D eigenvalue weighted by Gasteiger charge is 2.12. The van der Waals surface area contributed by atoms with Crippen LogP contribution in [0.5, 0.6) is 0 Å². The molecule has 0 radical (unpaired) electrons. The molecule has 22 heavy (non-hydrogen) atoms. The highest BCUT2D eigenvalue weighted by molar-refractivity contribution is 7.17. The van der Waals surface area contributed by atoms with Crippen LogP contribution in [0.4, 0.5) is 0 Å². The molecule has 0 fully saturated rings. The number of hydrogen-bond donors (Lipinski definition) is 2. The van der Waals surface area contributed by atoms with Crippen molar-refractivity contribution in [3.63, 3.8) is 0 Å². The molecule has 114 valence electrons. The summed E-state index contributed by atoms with van der Waals surface area (Å²) in [5.74, 6) is 0. The summed E-state index contributed by atoms with van der Waals surface area (Å²) in [6, 6.07) is 14.3. The van der Waals surface area contributed by atoms with E-state index in [0.29, 0.717) is 6.42 Å². The summed E-state index contributed by atoms with van der Waals surface area (Å²) in [7, 11) is 0. The fourth-order valence-electron chi connectivity index (χ4n) is 2.51. The Labute approximate surface area is 134 Å². The number of nitrogens with one attached hydrogen (secondary N) is 1. The second-order valence-electron chi connectivity index (χ2n) is 5.59. The van der Waals surface area contributed by atoms with Crippen molar-refractivity contribution in [2.24, 2.45) is 0 Å². The summed E-state index contributed by atoms with van der Waals surface area (Å²) in [6.07, 6.45) is 2.18. The van der Waals surface area contributed by atoms with E-state index in [-0.39, 0.29) is 6.04 Å². The summed E-state index contributed by atoms with van der Waals surface area (Å²) < 4.78 is 1.22. The maximum atomic E-state index is 10.3. The molecule has 0 aliphatic heterocycles. The number of rotatable bonds is 6. The third-order valence-corrected chi connectivity index (χ3v) is 4.63. The topological polar surface area (TPSA) is 45.1 Å². The second kappa shape index (κ2) is 7.01. The molecule has 0 saturated heterocycles. The summed E-state index contributed by atoms with van der Waals surface area (Å²) in [4.78, 5) is 4.45. The number of nitrogens with zero attached hydrogens (tertiary/aromatic N) is 1. The molecule has 0 bridgehead atoms. The zero-order chi connectivity index (χ0) is 15.4. The number of aromatic nitrogens is 1. The number of fused-ring (bicyclic) bond motifs is 1. The van der Waals surface area contributed by atoms with E-state index in [4.69, 9.17) is 0 Å². The number of aliphatic hydroxyl groups excluding tert-OH is 1. The number of hydrogen-bond acceptors (Lipinski definition) is 4. The van der Waals surface area contributed by atoms with Crippen molar-refractivity contribution in [1.82, 2.24) is 10.3 Å². The lowest BCUT2D eigenvalue weighted by Crippen LogP contribution is -2.27. The molecule has 2 aromatic heterocycles. The predicted molar refractivity (Wildman–Crippen MR) is 91.9 cm³/mol. The molecule has 2 heterocycles. The van der Waals surface area contributed by atoms with Crippen molar-refractivity contribution in [3.05, 3.63) is 65.2 Å². The van der Waals surface area contributed by atoms with Gasteiger partial charge in [0.15, 0.2) is 0 Å². The van der Waals surface area contributed by atoms with Gasteiger partial charge in [-0.25, -0.2) is 0 Å². The molecule has 3 rings (SSSR count). The molecule has 2 atom stereocenters. The summed E-state index contributed by atoms with van der Waals surface area (Å²) in [5, 5.41) is 15.8. The highest BCUT2D eigenvalue weighted by Crippen LogP contribution is 2.20. The van der Waals surface area contributed by atoms with Gasteiger partial charge in [-0.3, -0.25) is 4.98 Å². The highest BCUT2D eigenvalue weighted by atomic mass is 32.1. The Hall–Kier alpha value is -1.75. The van der Waals surface area contributed by atoms with Gasteiger partial charge >= 0.3 is 0 Å². The van der Waals surface area contributed by atoms with Crippen molar-refractivity contribution in [2.45, 2.75) is 32.0 Å². The van der Waals surface area contributed by atoms with Crippen LogP contribution in [0.25, 0.3) is 10.2 Å². The van der Waals surface area contributed by atoms with E-state index in [9.17, 15) is 5.11 Å². The summed E-state index contributed by atoms with van der Waals surface area (Å²) in [6.45, 7) is 2.87. The molecule has 4 heteroatoms. The minimum absolute atomic E-state index is 0.231. The first-order valence-corrected chi connectivity index (χ1v) is 8.39. The van der Waals surface area contributed by atoms with Crippen LogP contribution in [0.15, 0.2) is 54.0 Å². The fraction of sp³-hybridized carbons (Fsp3) is 0.278. The van der Waals surface area contributed by atoms with Crippen molar-refractivity contribution < 1.29 is 5.11 Å². The van der Waals surface area contributed by atoms with Crippen LogP contribution >= 0.6 is 11.3 Å². The van der Waals surface area contributed by atoms with Crippen molar-refractivity contribution in [3.8, 4) is 0 Å². The van der Waals surface area contributed by atoms with E-state index in [1.165, 1.54) is 10.3 Å². The van der Waals surface area contributed by atoms with Crippen LogP contribution in [0.2, 0.25) is 0 Å². The lowest BCUT2D eigenvalue weighted by atomic mass is 10.0. The molecule has 0 aliphatic rings. The molecule has 0 amide bonds. The molecule has 0 spiro atoms. The summed E-state index contributed by atoms with van der Waals surface area (Å²) in [5.41, 5.74) is 3.20. The monoisotopic (exact) mass is 312 g/mol. The quantitative estimate of drug-likeness (QED) is 0.725. The minimum Gasteiger partial charge on any atom is -0.388 e. The predicted octanol–water partition coefficient (Wildman–Crippen LogP) is 3.90. The van der Waals surface area contributed by atoms with Gasteiger partial charge in [0.25, 0.3) is 0 Å². The maximum Gasteiger partial charge on any atom is 0.0809 e. The summed E-state index contributed by atoms with van der Waals surface area (Å²) >= 11 is 1.71. The Balaban J connectivity index is 1.54. The standard InChI is InChI=1S/C18H20N2OS/c1-13(9-17(21)15-5-3-2-4-6-15)19-11-14-10-18-16(20-12-14)7-8-22-18/h2-8,10,12-13,17,19,21H,9,11H2,1H3. The molecule has 3 nitrogen and oxygen atoms in total. The third-order valence-electron chi connectivity index (χ3n) is 3.78. The lowest BCUT2D eigenvalue weighted by molar-refractivity contribution is 0.154. The number of benzene rings is 1. The molecule has 1 aromatic carbocycles. The number of aliphatic hydroxyl groups is 1. The Kier molecular flexibility index (Phi) is 4.83. The van der Waals surface area contributed by atoms with Crippen LogP contribution in [-0.4, -0.2) is 16.1 Å². The average molecular weight is 312 g/mol. The Morgan fingerprint density at radius 2 is 2.05 bits per heavy atom. The SMILES string of the molecule is CC(CC(O)c1ccccc1)NCc1cnc2ccsc2c1. The van der Waals surface area contributed by atoms with Gasteiger partial charge in [0.1, 0.15) is 0 Å². The van der Waals surface area contributed by atoms with Gasteiger partial charge < -0.3 is 10.4 Å². The van der Waals surface area contributed by atoms with E-state index in [2.05, 4.69) is 28.7 Å². The lowest BCUT2D eigenvalue weighted by Gasteiger charge is -2.18. The zero-order valence-corrected chi connectivity index (χ0v) is 13.4. The van der Waals surface area contributed by atoms with E-state index in [1.54, 1.807) is 11.3 Å². The largest absolute Gasteiger partial charge is 0.388 e. The van der Waals surface area contributed by atoms with Gasteiger partial charge in [0.2, 0.25) is 0 Å². The number of pyridine rings is 1. The van der Waals surface area contributed by atoms with Crippen LogP contribution < -0.4 is 5.32 Å². The Morgan fingerprint density at radius 3 is 2.86 bits per heavy atom. The molecular formula is C18H20N2OS. The van der Waals surface area contributed by atoms with Gasteiger partial charge in [-0.1, -0.05) is 30.3 Å². The van der Waals surface area contributed by atoms with Crippen molar-refractivity contribution in [2.75, 3.05) is 0 Å². The molecule has 2 unspecified atom stereocenters. The van der Waals surface area contributed by atoms with Gasteiger partial charge in [-0.05, 0) is 42.0 Å². The van der Waals surface area contributed by atoms with Gasteiger partial charge in [-0.2, -0.15) is 0 Å². The minimum atomic E-state index is -0.429. The first-order chi connectivity index (χ1) is 10.7.